The molecule has 0 bridgehead atoms. The number of hydrogen-bond acceptors (Lipinski definition) is 4. The smallest absolute Gasteiger partial charge is 0.344 e. The Morgan fingerprint density at radius 3 is 2.53 bits per heavy atom. The first kappa shape index (κ1) is 9.73. The van der Waals surface area contributed by atoms with Crippen LogP contribution in [0, 0.1) is 0 Å². The van der Waals surface area contributed by atoms with Crippen molar-refractivity contribution in [3.05, 3.63) is 46.7 Å². The summed E-state index contributed by atoms with van der Waals surface area (Å²) in [6.07, 6.45) is 0. The van der Waals surface area contributed by atoms with E-state index in [0.717, 1.165) is 0 Å². The van der Waals surface area contributed by atoms with Crippen molar-refractivity contribution in [2.75, 3.05) is 5.73 Å². The maximum Gasteiger partial charge on any atom is 0.344 e. The minimum Gasteiger partial charge on any atom is -0.423 e. The zero-order chi connectivity index (χ0) is 10.7. The van der Waals surface area contributed by atoms with Crippen LogP contribution in [0.3, 0.4) is 0 Å². The number of carbonyl (C=O) groups excluding carboxylic acids is 1. The Kier molecular flexibility index (Phi) is 2.69. The van der Waals surface area contributed by atoms with Crippen LogP contribution >= 0.6 is 11.3 Å². The number of nitrogens with two attached hydrogens (primary N) is 1. The van der Waals surface area contributed by atoms with Crippen LogP contribution in [0.5, 0.6) is 5.75 Å². The van der Waals surface area contributed by atoms with Gasteiger partial charge < -0.3 is 10.5 Å². The van der Waals surface area contributed by atoms with Crippen molar-refractivity contribution >= 4 is 23.0 Å². The molecule has 0 saturated heterocycles. The van der Waals surface area contributed by atoms with E-state index in [-0.39, 0.29) is 5.97 Å². The molecule has 0 amide bonds. The van der Waals surface area contributed by atoms with Gasteiger partial charge in [-0.05, 0) is 35.7 Å². The van der Waals surface area contributed by atoms with Crippen molar-refractivity contribution in [2.24, 2.45) is 0 Å². The van der Waals surface area contributed by atoms with Gasteiger partial charge in [0.15, 0.2) is 0 Å². The summed E-state index contributed by atoms with van der Waals surface area (Å²) in [7, 11) is 0. The summed E-state index contributed by atoms with van der Waals surface area (Å²) >= 11 is 1.46. The molecule has 0 unspecified atom stereocenters. The number of carbonyl (C=O) groups is 1. The van der Waals surface area contributed by atoms with E-state index in [4.69, 9.17) is 10.5 Å². The van der Waals surface area contributed by atoms with Crippen LogP contribution < -0.4 is 10.5 Å². The molecule has 2 N–H and O–H groups in total. The number of benzene rings is 1. The van der Waals surface area contributed by atoms with Gasteiger partial charge in [0, 0.05) is 11.1 Å². The van der Waals surface area contributed by atoms with Gasteiger partial charge in [0.25, 0.3) is 0 Å². The standard InChI is InChI=1S/C11H9NO2S/c12-9-1-3-10(4-2-9)14-11(13)8-5-6-15-7-8/h1-7H,12H2. The lowest BCUT2D eigenvalue weighted by molar-refractivity contribution is 0.0735. The molecule has 0 aliphatic heterocycles. The van der Waals surface area contributed by atoms with Crippen LogP contribution in [0.1, 0.15) is 10.4 Å². The van der Waals surface area contributed by atoms with Gasteiger partial charge in [-0.25, -0.2) is 4.79 Å². The molecule has 3 nitrogen and oxygen atoms in total. The average Bonchev–Trinajstić information content (AvgIpc) is 2.74. The predicted molar refractivity (Wildman–Crippen MR) is 60.1 cm³/mol. The second-order valence-electron chi connectivity index (χ2n) is 2.97. The lowest BCUT2D eigenvalue weighted by atomic mass is 10.3. The number of thiophene rings is 1. The summed E-state index contributed by atoms with van der Waals surface area (Å²) in [6.45, 7) is 0. The van der Waals surface area contributed by atoms with E-state index in [9.17, 15) is 4.79 Å². The van der Waals surface area contributed by atoms with Crippen LogP contribution in [-0.4, -0.2) is 5.97 Å². The van der Waals surface area contributed by atoms with Gasteiger partial charge >= 0.3 is 5.97 Å². The number of ether oxygens (including phenoxy) is 1. The highest BCUT2D eigenvalue weighted by molar-refractivity contribution is 7.08. The first-order valence-corrected chi connectivity index (χ1v) is 5.30. The normalized spacial score (nSPS) is 9.87. The van der Waals surface area contributed by atoms with Gasteiger partial charge in [0.1, 0.15) is 5.75 Å². The summed E-state index contributed by atoms with van der Waals surface area (Å²) in [6, 6.07) is 8.44. The van der Waals surface area contributed by atoms with Crippen LogP contribution in [0.4, 0.5) is 5.69 Å². The predicted octanol–water partition coefficient (Wildman–Crippen LogP) is 2.55. The molecule has 0 radical (unpaired) electrons. The first-order chi connectivity index (χ1) is 7.25. The maximum atomic E-state index is 11.5. The van der Waals surface area contributed by atoms with E-state index in [1.165, 1.54) is 11.3 Å². The molecule has 2 rings (SSSR count). The fraction of sp³-hybridized carbons (Fsp3) is 0. The third-order valence-corrected chi connectivity index (χ3v) is 2.53. The highest BCUT2D eigenvalue weighted by Gasteiger charge is 2.07. The molecule has 1 aromatic heterocycles. The summed E-state index contributed by atoms with van der Waals surface area (Å²) in [5.41, 5.74) is 6.72. The molecule has 0 fully saturated rings. The van der Waals surface area contributed by atoms with E-state index in [0.29, 0.717) is 17.0 Å². The van der Waals surface area contributed by atoms with E-state index in [1.54, 1.807) is 35.7 Å². The van der Waals surface area contributed by atoms with E-state index < -0.39 is 0 Å². The molecule has 0 aliphatic rings. The molecule has 0 spiro atoms. The fourth-order valence-corrected chi connectivity index (χ4v) is 1.71. The molecule has 2 aromatic rings. The number of nitrogen functional groups attached to an aromatic ring is 1. The highest BCUT2D eigenvalue weighted by atomic mass is 32.1. The maximum absolute atomic E-state index is 11.5. The van der Waals surface area contributed by atoms with Crippen molar-refractivity contribution in [1.29, 1.82) is 0 Å². The van der Waals surface area contributed by atoms with Gasteiger partial charge in [-0.1, -0.05) is 0 Å². The molecule has 0 aliphatic carbocycles. The number of anilines is 1. The fourth-order valence-electron chi connectivity index (χ4n) is 1.08. The SMILES string of the molecule is Nc1ccc(OC(=O)c2ccsc2)cc1. The Bertz CT molecular complexity index is 448. The Balaban J connectivity index is 2.09. The summed E-state index contributed by atoms with van der Waals surface area (Å²) in [5.74, 6) is 0.154. The molecule has 15 heavy (non-hydrogen) atoms. The van der Waals surface area contributed by atoms with Crippen molar-refractivity contribution < 1.29 is 9.53 Å². The van der Waals surface area contributed by atoms with E-state index in [2.05, 4.69) is 0 Å². The Hall–Kier alpha value is -1.81. The number of esters is 1. The van der Waals surface area contributed by atoms with E-state index in [1.807, 2.05) is 5.38 Å². The third-order valence-electron chi connectivity index (χ3n) is 1.85. The monoisotopic (exact) mass is 219 g/mol. The van der Waals surface area contributed by atoms with Gasteiger partial charge in [0.05, 0.1) is 5.56 Å². The van der Waals surface area contributed by atoms with Gasteiger partial charge in [0.2, 0.25) is 0 Å². The second kappa shape index (κ2) is 4.14. The Labute approximate surface area is 91.1 Å². The first-order valence-electron chi connectivity index (χ1n) is 4.35. The topological polar surface area (TPSA) is 52.3 Å². The molecule has 4 heteroatoms. The Morgan fingerprint density at radius 1 is 1.20 bits per heavy atom. The zero-order valence-corrected chi connectivity index (χ0v) is 8.66. The molecular weight excluding hydrogens is 210 g/mol. The van der Waals surface area contributed by atoms with E-state index >= 15 is 0 Å². The summed E-state index contributed by atoms with van der Waals surface area (Å²) < 4.78 is 5.13. The molecule has 1 aromatic carbocycles. The van der Waals surface area contributed by atoms with Crippen LogP contribution in [0.25, 0.3) is 0 Å². The molecule has 1 heterocycles. The lowest BCUT2D eigenvalue weighted by Gasteiger charge is -2.02. The Morgan fingerprint density at radius 2 is 1.93 bits per heavy atom. The molecular formula is C11H9NO2S. The molecule has 0 atom stereocenters. The van der Waals surface area contributed by atoms with Crippen molar-refractivity contribution in [3.63, 3.8) is 0 Å². The van der Waals surface area contributed by atoms with Gasteiger partial charge in [-0.15, -0.1) is 0 Å². The van der Waals surface area contributed by atoms with Crippen LogP contribution in [0.15, 0.2) is 41.1 Å². The quantitative estimate of drug-likeness (QED) is 0.479. The molecule has 0 saturated carbocycles. The van der Waals surface area contributed by atoms with Crippen LogP contribution in [-0.2, 0) is 0 Å². The molecule has 76 valence electrons. The minimum absolute atomic E-state index is 0.346. The number of hydrogen-bond donors (Lipinski definition) is 1. The van der Waals surface area contributed by atoms with Crippen molar-refractivity contribution in [3.8, 4) is 5.75 Å². The van der Waals surface area contributed by atoms with Crippen molar-refractivity contribution in [1.82, 2.24) is 0 Å². The second-order valence-corrected chi connectivity index (χ2v) is 3.75. The van der Waals surface area contributed by atoms with Crippen LogP contribution in [0.2, 0.25) is 0 Å². The third kappa shape index (κ3) is 2.35. The lowest BCUT2D eigenvalue weighted by Crippen LogP contribution is -2.06. The zero-order valence-electron chi connectivity index (χ0n) is 7.84. The summed E-state index contributed by atoms with van der Waals surface area (Å²) in [4.78, 5) is 11.5. The average molecular weight is 219 g/mol. The largest absolute Gasteiger partial charge is 0.423 e. The van der Waals surface area contributed by atoms with Crippen molar-refractivity contribution in [2.45, 2.75) is 0 Å². The summed E-state index contributed by atoms with van der Waals surface area (Å²) in [5, 5.41) is 3.58. The minimum atomic E-state index is -0.346. The van der Waals surface area contributed by atoms with Gasteiger partial charge in [-0.2, -0.15) is 11.3 Å². The number of rotatable bonds is 2. The highest BCUT2D eigenvalue weighted by Crippen LogP contribution is 2.15. The van der Waals surface area contributed by atoms with Gasteiger partial charge in [-0.3, -0.25) is 0 Å².